The van der Waals surface area contributed by atoms with E-state index in [1.807, 2.05) is 0 Å². The standard InChI is InChI=1S/C16H15Cl2F3N2O/c17-8-5-9-10(15(24)12-3-1-2-4-22-12)7-13(16(19,20)21)23-14(9)11(18)6-8/h5-7,12,15,22,24H,1-4H2/t12-,15-/m1/s1. The monoisotopic (exact) mass is 378 g/mol. The highest BCUT2D eigenvalue weighted by Crippen LogP contribution is 2.38. The first-order valence-corrected chi connectivity index (χ1v) is 8.31. The van der Waals surface area contributed by atoms with Crippen LogP contribution in [0.3, 0.4) is 0 Å². The van der Waals surface area contributed by atoms with Gasteiger partial charge in [0.2, 0.25) is 0 Å². The predicted octanol–water partition coefficient (Wildman–Crippen LogP) is 4.74. The maximum absolute atomic E-state index is 13.2. The number of fused-ring (bicyclic) bond motifs is 1. The fraction of sp³-hybridized carbons (Fsp3) is 0.438. The molecule has 1 saturated heterocycles. The molecule has 0 unspecified atom stereocenters. The molecule has 0 spiro atoms. The van der Waals surface area contributed by atoms with Crippen molar-refractivity contribution in [1.82, 2.24) is 10.3 Å². The van der Waals surface area contributed by atoms with E-state index in [4.69, 9.17) is 23.2 Å². The molecule has 0 bridgehead atoms. The molecule has 24 heavy (non-hydrogen) atoms. The van der Waals surface area contributed by atoms with E-state index >= 15 is 0 Å². The Bertz CT molecular complexity index is 761. The van der Waals surface area contributed by atoms with E-state index in [0.29, 0.717) is 11.8 Å². The van der Waals surface area contributed by atoms with Crippen LogP contribution in [0.25, 0.3) is 10.9 Å². The highest BCUT2D eigenvalue weighted by Gasteiger charge is 2.35. The van der Waals surface area contributed by atoms with Gasteiger partial charge < -0.3 is 10.4 Å². The molecular formula is C16H15Cl2F3N2O. The number of hydrogen-bond donors (Lipinski definition) is 2. The lowest BCUT2D eigenvalue weighted by atomic mass is 9.92. The van der Waals surface area contributed by atoms with Crippen LogP contribution in [0.2, 0.25) is 10.0 Å². The van der Waals surface area contributed by atoms with E-state index in [1.165, 1.54) is 12.1 Å². The number of piperidine rings is 1. The maximum atomic E-state index is 13.2. The van der Waals surface area contributed by atoms with Crippen molar-refractivity contribution in [1.29, 1.82) is 0 Å². The third kappa shape index (κ3) is 3.47. The fourth-order valence-corrected chi connectivity index (χ4v) is 3.57. The Hall–Kier alpha value is -1.08. The first-order valence-electron chi connectivity index (χ1n) is 7.55. The second kappa shape index (κ2) is 6.67. The number of alkyl halides is 3. The summed E-state index contributed by atoms with van der Waals surface area (Å²) in [5.74, 6) is 0. The smallest absolute Gasteiger partial charge is 0.387 e. The van der Waals surface area contributed by atoms with E-state index < -0.39 is 18.0 Å². The van der Waals surface area contributed by atoms with Gasteiger partial charge in [0.25, 0.3) is 0 Å². The van der Waals surface area contributed by atoms with Crippen molar-refractivity contribution in [2.24, 2.45) is 0 Å². The summed E-state index contributed by atoms with van der Waals surface area (Å²) in [6.07, 6.45) is -3.17. The Balaban J connectivity index is 2.19. The SMILES string of the molecule is O[C@H](c1cc(C(F)(F)F)nc2c(Cl)cc(Cl)cc12)[C@H]1CCCCN1. The molecule has 2 atom stereocenters. The fourth-order valence-electron chi connectivity index (χ4n) is 3.03. The number of nitrogens with one attached hydrogen (secondary N) is 1. The van der Waals surface area contributed by atoms with E-state index in [1.54, 1.807) is 0 Å². The molecule has 2 N–H and O–H groups in total. The second-order valence-corrected chi connectivity index (χ2v) is 6.72. The van der Waals surface area contributed by atoms with Gasteiger partial charge in [0.15, 0.2) is 0 Å². The van der Waals surface area contributed by atoms with E-state index in [2.05, 4.69) is 10.3 Å². The van der Waals surface area contributed by atoms with Crippen LogP contribution in [0.4, 0.5) is 13.2 Å². The van der Waals surface area contributed by atoms with Gasteiger partial charge in [0, 0.05) is 16.5 Å². The van der Waals surface area contributed by atoms with Gasteiger partial charge >= 0.3 is 6.18 Å². The molecule has 0 saturated carbocycles. The highest BCUT2D eigenvalue weighted by molar-refractivity contribution is 6.38. The normalized spacial score (nSPS) is 20.3. The van der Waals surface area contributed by atoms with Crippen molar-refractivity contribution >= 4 is 34.1 Å². The molecule has 0 radical (unpaired) electrons. The van der Waals surface area contributed by atoms with Gasteiger partial charge in [-0.05, 0) is 43.1 Å². The molecule has 3 rings (SSSR count). The Morgan fingerprint density at radius 3 is 2.58 bits per heavy atom. The molecule has 130 valence electrons. The van der Waals surface area contributed by atoms with E-state index in [-0.39, 0.29) is 27.2 Å². The quantitative estimate of drug-likeness (QED) is 0.793. The lowest BCUT2D eigenvalue weighted by Gasteiger charge is -2.29. The van der Waals surface area contributed by atoms with Gasteiger partial charge in [0.05, 0.1) is 16.6 Å². The summed E-state index contributed by atoms with van der Waals surface area (Å²) in [5.41, 5.74) is -0.957. The van der Waals surface area contributed by atoms with Crippen molar-refractivity contribution in [3.63, 3.8) is 0 Å². The third-order valence-electron chi connectivity index (χ3n) is 4.20. The summed E-state index contributed by atoms with van der Waals surface area (Å²) in [4.78, 5) is 3.63. The lowest BCUT2D eigenvalue weighted by Crippen LogP contribution is -2.39. The molecule has 0 amide bonds. The van der Waals surface area contributed by atoms with Crippen molar-refractivity contribution in [2.75, 3.05) is 6.54 Å². The van der Waals surface area contributed by atoms with Crippen LogP contribution >= 0.6 is 23.2 Å². The number of aliphatic hydroxyl groups excluding tert-OH is 1. The van der Waals surface area contributed by atoms with Gasteiger partial charge in [-0.25, -0.2) is 4.98 Å². The van der Waals surface area contributed by atoms with Crippen LogP contribution in [0.1, 0.15) is 36.6 Å². The van der Waals surface area contributed by atoms with Gasteiger partial charge in [0.1, 0.15) is 5.69 Å². The zero-order chi connectivity index (χ0) is 17.5. The van der Waals surface area contributed by atoms with Gasteiger partial charge in [-0.15, -0.1) is 0 Å². The largest absolute Gasteiger partial charge is 0.433 e. The third-order valence-corrected chi connectivity index (χ3v) is 4.71. The van der Waals surface area contributed by atoms with Crippen LogP contribution in [0, 0.1) is 0 Å². The molecule has 2 aromatic rings. The van der Waals surface area contributed by atoms with Crippen molar-refractivity contribution < 1.29 is 18.3 Å². The van der Waals surface area contributed by atoms with Crippen LogP contribution < -0.4 is 5.32 Å². The molecule has 1 fully saturated rings. The Morgan fingerprint density at radius 2 is 1.96 bits per heavy atom. The molecule has 1 aliphatic heterocycles. The van der Waals surface area contributed by atoms with Gasteiger partial charge in [-0.1, -0.05) is 29.6 Å². The topological polar surface area (TPSA) is 45.2 Å². The number of benzene rings is 1. The number of aromatic nitrogens is 1. The number of hydrogen-bond acceptors (Lipinski definition) is 3. The molecule has 3 nitrogen and oxygen atoms in total. The van der Waals surface area contributed by atoms with Gasteiger partial charge in [-0.2, -0.15) is 13.2 Å². The van der Waals surface area contributed by atoms with Crippen LogP contribution in [-0.4, -0.2) is 22.7 Å². The van der Waals surface area contributed by atoms with E-state index in [0.717, 1.165) is 25.5 Å². The average Bonchev–Trinajstić information content (AvgIpc) is 2.53. The number of nitrogens with zero attached hydrogens (tertiary/aromatic N) is 1. The van der Waals surface area contributed by atoms with Crippen LogP contribution in [0.5, 0.6) is 0 Å². The van der Waals surface area contributed by atoms with Crippen molar-refractivity contribution in [2.45, 2.75) is 37.6 Å². The summed E-state index contributed by atoms with van der Waals surface area (Å²) in [6.45, 7) is 0.721. The summed E-state index contributed by atoms with van der Waals surface area (Å²) in [7, 11) is 0. The van der Waals surface area contributed by atoms with E-state index in [9.17, 15) is 18.3 Å². The molecule has 1 aliphatic rings. The molecular weight excluding hydrogens is 364 g/mol. The minimum Gasteiger partial charge on any atom is -0.387 e. The minimum atomic E-state index is -4.63. The van der Waals surface area contributed by atoms with Crippen molar-refractivity contribution in [3.8, 4) is 0 Å². The zero-order valence-corrected chi connectivity index (χ0v) is 14.0. The van der Waals surface area contributed by atoms with Crippen LogP contribution in [-0.2, 0) is 6.18 Å². The van der Waals surface area contributed by atoms with Crippen LogP contribution in [0.15, 0.2) is 18.2 Å². The number of halogens is 5. The molecule has 0 aliphatic carbocycles. The van der Waals surface area contributed by atoms with Gasteiger partial charge in [-0.3, -0.25) is 0 Å². The molecule has 1 aromatic heterocycles. The Labute approximate surface area is 146 Å². The summed E-state index contributed by atoms with van der Waals surface area (Å²) < 4.78 is 39.6. The minimum absolute atomic E-state index is 0.0132. The summed E-state index contributed by atoms with van der Waals surface area (Å²) >= 11 is 12.0. The first kappa shape index (κ1) is 17.7. The summed E-state index contributed by atoms with van der Waals surface area (Å²) in [5, 5.41) is 14.5. The average molecular weight is 379 g/mol. The van der Waals surface area contributed by atoms with Crippen molar-refractivity contribution in [3.05, 3.63) is 39.5 Å². The maximum Gasteiger partial charge on any atom is 0.433 e. The zero-order valence-electron chi connectivity index (χ0n) is 12.5. The Morgan fingerprint density at radius 1 is 1.21 bits per heavy atom. The predicted molar refractivity (Wildman–Crippen MR) is 87.4 cm³/mol. The number of rotatable bonds is 2. The molecule has 1 aromatic carbocycles. The highest BCUT2D eigenvalue weighted by atomic mass is 35.5. The summed E-state index contributed by atoms with van der Waals surface area (Å²) in [6, 6.07) is 3.39. The lowest BCUT2D eigenvalue weighted by molar-refractivity contribution is -0.141. The molecule has 2 heterocycles. The Kier molecular flexibility index (Phi) is 4.93. The number of pyridine rings is 1. The second-order valence-electron chi connectivity index (χ2n) is 5.88. The molecule has 8 heteroatoms. The first-order chi connectivity index (χ1) is 11.3. The number of aliphatic hydroxyl groups is 1.